The molecular weight excluding hydrogens is 416 g/mol. The normalized spacial score (nSPS) is 18.9. The smallest absolute Gasteiger partial charge is 0.255 e. The van der Waals surface area contributed by atoms with Gasteiger partial charge in [0.1, 0.15) is 5.54 Å². The zero-order valence-corrected chi connectivity index (χ0v) is 18.7. The summed E-state index contributed by atoms with van der Waals surface area (Å²) in [6, 6.07) is 30.3. The van der Waals surface area contributed by atoms with Crippen LogP contribution in [-0.4, -0.2) is 45.8 Å². The number of thioether (sulfide) groups is 1. The molecule has 2 aliphatic rings. The molecule has 4 nitrogen and oxygen atoms in total. The summed E-state index contributed by atoms with van der Waals surface area (Å²) >= 11 is 1.45. The van der Waals surface area contributed by atoms with Crippen molar-refractivity contribution in [3.05, 3.63) is 108 Å². The van der Waals surface area contributed by atoms with Crippen molar-refractivity contribution in [2.24, 2.45) is 0 Å². The first-order valence-electron chi connectivity index (χ1n) is 11.1. The van der Waals surface area contributed by atoms with Gasteiger partial charge in [0.05, 0.1) is 5.75 Å². The van der Waals surface area contributed by atoms with Gasteiger partial charge in [0, 0.05) is 13.1 Å². The fourth-order valence-corrected chi connectivity index (χ4v) is 6.17. The van der Waals surface area contributed by atoms with Gasteiger partial charge in [-0.05, 0) is 29.5 Å². The molecule has 1 atom stereocenters. The van der Waals surface area contributed by atoms with Gasteiger partial charge in [-0.15, -0.1) is 11.8 Å². The Bertz CT molecular complexity index is 986. The molecule has 2 amide bonds. The number of rotatable bonds is 5. The molecular formula is C27H26N2O2S. The summed E-state index contributed by atoms with van der Waals surface area (Å²) in [5.74, 6) is 0.341. The van der Waals surface area contributed by atoms with Gasteiger partial charge in [0.2, 0.25) is 5.91 Å². The van der Waals surface area contributed by atoms with E-state index in [0.717, 1.165) is 42.6 Å². The standard InChI is InChI=1S/C27H26N2O2S/c30-24-20-32-26(25(31)28-18-10-11-19-28)29(24)27(21-12-4-1-5-13-21,22-14-6-2-7-15-22)23-16-8-3-9-17-23/h1-9,12-17,26H,10-11,18-20H2. The fourth-order valence-electron chi connectivity index (χ4n) is 5.02. The van der Waals surface area contributed by atoms with Crippen LogP contribution >= 0.6 is 11.8 Å². The average Bonchev–Trinajstić information content (AvgIpc) is 3.53. The Kier molecular flexibility index (Phi) is 5.75. The summed E-state index contributed by atoms with van der Waals surface area (Å²) in [6.07, 6.45) is 2.05. The van der Waals surface area contributed by atoms with E-state index in [2.05, 4.69) is 36.4 Å². The largest absolute Gasteiger partial charge is 0.340 e. The van der Waals surface area contributed by atoms with Crippen LogP contribution in [0, 0.1) is 0 Å². The Morgan fingerprint density at radius 2 is 1.19 bits per heavy atom. The number of likely N-dealkylation sites (tertiary alicyclic amines) is 1. The monoisotopic (exact) mass is 442 g/mol. The second-order valence-corrected chi connectivity index (χ2v) is 9.34. The maximum absolute atomic E-state index is 13.7. The van der Waals surface area contributed by atoms with Crippen LogP contribution in [0.2, 0.25) is 0 Å². The van der Waals surface area contributed by atoms with Crippen molar-refractivity contribution in [1.29, 1.82) is 0 Å². The number of amides is 2. The van der Waals surface area contributed by atoms with E-state index in [0.29, 0.717) is 5.75 Å². The molecule has 0 bridgehead atoms. The Labute approximate surface area is 193 Å². The molecule has 32 heavy (non-hydrogen) atoms. The zero-order valence-electron chi connectivity index (χ0n) is 17.9. The molecule has 2 heterocycles. The van der Waals surface area contributed by atoms with Crippen molar-refractivity contribution >= 4 is 23.6 Å². The van der Waals surface area contributed by atoms with Crippen molar-refractivity contribution in [1.82, 2.24) is 9.80 Å². The Balaban J connectivity index is 1.77. The minimum Gasteiger partial charge on any atom is -0.340 e. The van der Waals surface area contributed by atoms with E-state index in [1.165, 1.54) is 11.8 Å². The molecule has 0 spiro atoms. The molecule has 0 aromatic heterocycles. The van der Waals surface area contributed by atoms with Crippen molar-refractivity contribution in [2.75, 3.05) is 18.8 Å². The molecule has 0 aliphatic carbocycles. The highest BCUT2D eigenvalue weighted by Gasteiger charge is 2.53. The van der Waals surface area contributed by atoms with E-state index in [-0.39, 0.29) is 11.8 Å². The van der Waals surface area contributed by atoms with Crippen molar-refractivity contribution in [3.8, 4) is 0 Å². The lowest BCUT2D eigenvalue weighted by Crippen LogP contribution is -2.56. The van der Waals surface area contributed by atoms with Crippen molar-refractivity contribution < 1.29 is 9.59 Å². The number of hydrogen-bond donors (Lipinski definition) is 0. The van der Waals surface area contributed by atoms with Gasteiger partial charge in [-0.2, -0.15) is 0 Å². The quantitative estimate of drug-likeness (QED) is 0.546. The summed E-state index contributed by atoms with van der Waals surface area (Å²) in [5.41, 5.74) is 2.04. The van der Waals surface area contributed by atoms with Crippen molar-refractivity contribution in [2.45, 2.75) is 23.8 Å². The Morgan fingerprint density at radius 3 is 1.62 bits per heavy atom. The number of carbonyl (C=O) groups is 2. The maximum Gasteiger partial charge on any atom is 0.255 e. The molecule has 0 N–H and O–H groups in total. The molecule has 0 radical (unpaired) electrons. The average molecular weight is 443 g/mol. The summed E-state index contributed by atoms with van der Waals surface area (Å²) < 4.78 is 0. The first kappa shape index (κ1) is 20.8. The lowest BCUT2D eigenvalue weighted by atomic mass is 9.75. The van der Waals surface area contributed by atoms with Gasteiger partial charge in [-0.3, -0.25) is 9.59 Å². The van der Waals surface area contributed by atoms with E-state index < -0.39 is 10.9 Å². The fraction of sp³-hybridized carbons (Fsp3) is 0.259. The van der Waals surface area contributed by atoms with Crippen LogP contribution in [0.5, 0.6) is 0 Å². The van der Waals surface area contributed by atoms with E-state index >= 15 is 0 Å². The first-order chi connectivity index (χ1) is 15.7. The van der Waals surface area contributed by atoms with Crippen molar-refractivity contribution in [3.63, 3.8) is 0 Å². The van der Waals surface area contributed by atoms with Crippen LogP contribution in [0.15, 0.2) is 91.0 Å². The number of hydrogen-bond acceptors (Lipinski definition) is 3. The summed E-state index contributed by atoms with van der Waals surface area (Å²) in [5, 5.41) is -0.554. The first-order valence-corrected chi connectivity index (χ1v) is 12.2. The SMILES string of the molecule is O=C(C1SCC(=O)N1C(c1ccccc1)(c1ccccc1)c1ccccc1)N1CCCC1. The lowest BCUT2D eigenvalue weighted by molar-refractivity contribution is -0.142. The highest BCUT2D eigenvalue weighted by atomic mass is 32.2. The molecule has 5 rings (SSSR count). The minimum absolute atomic E-state index is 0.0101. The third-order valence-corrected chi connectivity index (χ3v) is 7.57. The molecule has 162 valence electrons. The van der Waals surface area contributed by atoms with E-state index in [4.69, 9.17) is 0 Å². The highest BCUT2D eigenvalue weighted by Crippen LogP contribution is 2.47. The van der Waals surface area contributed by atoms with Gasteiger partial charge in [0.25, 0.3) is 5.91 Å². The predicted molar refractivity (Wildman–Crippen MR) is 128 cm³/mol. The topological polar surface area (TPSA) is 40.6 Å². The van der Waals surface area contributed by atoms with Crippen LogP contribution < -0.4 is 0 Å². The van der Waals surface area contributed by atoms with Crippen LogP contribution in [0.1, 0.15) is 29.5 Å². The highest BCUT2D eigenvalue weighted by molar-refractivity contribution is 8.01. The van der Waals surface area contributed by atoms with Crippen LogP contribution in [0.25, 0.3) is 0 Å². The molecule has 5 heteroatoms. The zero-order chi connectivity index (χ0) is 22.0. The minimum atomic E-state index is -0.898. The number of nitrogens with zero attached hydrogens (tertiary/aromatic N) is 2. The summed E-state index contributed by atoms with van der Waals surface area (Å²) in [7, 11) is 0. The third kappa shape index (κ3) is 3.41. The second-order valence-electron chi connectivity index (χ2n) is 8.27. The molecule has 1 unspecified atom stereocenters. The van der Waals surface area contributed by atoms with Gasteiger partial charge >= 0.3 is 0 Å². The lowest BCUT2D eigenvalue weighted by Gasteiger charge is -2.46. The molecule has 2 saturated heterocycles. The van der Waals surface area contributed by atoms with Gasteiger partial charge < -0.3 is 9.80 Å². The van der Waals surface area contributed by atoms with E-state index in [1.54, 1.807) is 0 Å². The maximum atomic E-state index is 13.7. The van der Waals surface area contributed by atoms with Crippen LogP contribution in [-0.2, 0) is 15.1 Å². The predicted octanol–water partition coefficient (Wildman–Crippen LogP) is 4.50. The number of carbonyl (C=O) groups excluding carboxylic acids is 2. The van der Waals surface area contributed by atoms with E-state index in [9.17, 15) is 9.59 Å². The molecule has 0 saturated carbocycles. The Morgan fingerprint density at radius 1 is 0.750 bits per heavy atom. The Hall–Kier alpha value is -3.05. The van der Waals surface area contributed by atoms with E-state index in [1.807, 2.05) is 64.4 Å². The molecule has 3 aromatic rings. The van der Waals surface area contributed by atoms with Crippen LogP contribution in [0.4, 0.5) is 0 Å². The van der Waals surface area contributed by atoms with Gasteiger partial charge in [-0.25, -0.2) is 0 Å². The summed E-state index contributed by atoms with van der Waals surface area (Å²) in [6.45, 7) is 1.54. The van der Waals surface area contributed by atoms with Crippen LogP contribution in [0.3, 0.4) is 0 Å². The van der Waals surface area contributed by atoms with Gasteiger partial charge in [-0.1, -0.05) is 91.0 Å². The third-order valence-electron chi connectivity index (χ3n) is 6.43. The second kappa shape index (κ2) is 8.83. The number of benzene rings is 3. The molecule has 3 aromatic carbocycles. The van der Waals surface area contributed by atoms with Gasteiger partial charge in [0.15, 0.2) is 5.37 Å². The summed E-state index contributed by atoms with van der Waals surface area (Å²) in [4.78, 5) is 31.0. The molecule has 2 aliphatic heterocycles. The molecule has 2 fully saturated rings.